The number of carbonyl (C=O) groups excluding carboxylic acids is 2. The van der Waals surface area contributed by atoms with Gasteiger partial charge in [0.25, 0.3) is 5.91 Å². The summed E-state index contributed by atoms with van der Waals surface area (Å²) in [4.78, 5) is 33.5. The van der Waals surface area contributed by atoms with E-state index in [-0.39, 0.29) is 36.5 Å². The van der Waals surface area contributed by atoms with Crippen LogP contribution in [0.2, 0.25) is 5.02 Å². The van der Waals surface area contributed by atoms with Crippen LogP contribution in [0.5, 0.6) is 0 Å². The molecule has 2 aromatic rings. The number of carbonyl (C=O) groups is 2. The van der Waals surface area contributed by atoms with Crippen molar-refractivity contribution in [3.8, 4) is 0 Å². The average molecular weight is 521 g/mol. The van der Waals surface area contributed by atoms with Crippen molar-refractivity contribution in [2.24, 2.45) is 0 Å². The van der Waals surface area contributed by atoms with Gasteiger partial charge in [0, 0.05) is 24.2 Å². The van der Waals surface area contributed by atoms with Gasteiger partial charge in [-0.1, -0.05) is 11.6 Å². The zero-order valence-electron chi connectivity index (χ0n) is 20.5. The number of nitrogens with zero attached hydrogens (tertiary/aromatic N) is 2. The van der Waals surface area contributed by atoms with Gasteiger partial charge in [-0.05, 0) is 74.6 Å². The Morgan fingerprint density at radius 1 is 1.06 bits per heavy atom. The molecule has 10 heteroatoms. The number of rotatable bonds is 5. The number of amides is 1. The van der Waals surface area contributed by atoms with Gasteiger partial charge in [0.15, 0.2) is 5.76 Å². The Bertz CT molecular complexity index is 1200. The normalized spacial score (nSPS) is 17.8. The lowest BCUT2D eigenvalue weighted by molar-refractivity contribution is -0.150. The third-order valence-electron chi connectivity index (χ3n) is 6.60. The second-order valence-electron chi connectivity index (χ2n) is 8.82. The van der Waals surface area contributed by atoms with E-state index in [9.17, 15) is 18.4 Å². The second kappa shape index (κ2) is 10.2. The molecule has 0 aromatic heterocycles. The smallest absolute Gasteiger partial charge is 0.434 e. The van der Waals surface area contributed by atoms with E-state index in [2.05, 4.69) is 0 Å². The molecule has 1 fully saturated rings. The predicted molar refractivity (Wildman–Crippen MR) is 130 cm³/mol. The van der Waals surface area contributed by atoms with E-state index in [1.807, 2.05) is 0 Å². The van der Waals surface area contributed by atoms with Gasteiger partial charge in [-0.15, -0.1) is 0 Å². The van der Waals surface area contributed by atoms with E-state index in [0.717, 1.165) is 18.2 Å². The molecule has 0 saturated carbocycles. The van der Waals surface area contributed by atoms with Crippen molar-refractivity contribution in [3.63, 3.8) is 0 Å². The summed E-state index contributed by atoms with van der Waals surface area (Å²) >= 11 is 6.24. The van der Waals surface area contributed by atoms with Crippen LogP contribution >= 0.6 is 11.6 Å². The Morgan fingerprint density at radius 3 is 2.17 bits per heavy atom. The molecule has 2 aliphatic rings. The number of piperidine rings is 1. The molecule has 0 bridgehead atoms. The first kappa shape index (κ1) is 26.1. The Balaban J connectivity index is 2.00. The Kier molecular flexibility index (Phi) is 7.36. The molecular weight excluding hydrogens is 494 g/mol. The summed E-state index contributed by atoms with van der Waals surface area (Å²) in [6.45, 7) is 6.04. The lowest BCUT2D eigenvalue weighted by Crippen LogP contribution is -2.55. The third kappa shape index (κ3) is 4.58. The zero-order valence-corrected chi connectivity index (χ0v) is 21.2. The summed E-state index contributed by atoms with van der Waals surface area (Å²) in [5.74, 6) is -2.12. The number of aryl methyl sites for hydroxylation is 2. The van der Waals surface area contributed by atoms with Crippen molar-refractivity contribution in [3.05, 3.63) is 69.4 Å². The van der Waals surface area contributed by atoms with Gasteiger partial charge in [0.1, 0.15) is 17.2 Å². The molecule has 0 atom stereocenters. The molecule has 36 heavy (non-hydrogen) atoms. The lowest BCUT2D eigenvalue weighted by Gasteiger charge is -2.44. The van der Waals surface area contributed by atoms with Crippen LogP contribution in [0.25, 0.3) is 5.57 Å². The van der Waals surface area contributed by atoms with Crippen molar-refractivity contribution < 1.29 is 32.7 Å². The fraction of sp³-hybridized carbons (Fsp3) is 0.385. The molecule has 0 aliphatic carbocycles. The van der Waals surface area contributed by atoms with Gasteiger partial charge < -0.3 is 14.3 Å². The topological polar surface area (TPSA) is 68.3 Å². The minimum atomic E-state index is -1.22. The van der Waals surface area contributed by atoms with E-state index < -0.39 is 29.2 Å². The predicted octanol–water partition coefficient (Wildman–Crippen LogP) is 5.56. The van der Waals surface area contributed by atoms with Gasteiger partial charge in [-0.2, -0.15) is 5.06 Å². The van der Waals surface area contributed by atoms with Crippen LogP contribution in [-0.2, 0) is 19.1 Å². The van der Waals surface area contributed by atoms with Crippen LogP contribution in [-0.4, -0.2) is 49.5 Å². The molecule has 0 unspecified atom stereocenters. The molecule has 7 nitrogen and oxygen atoms in total. The van der Waals surface area contributed by atoms with Crippen LogP contribution in [0.1, 0.15) is 36.5 Å². The first-order valence-electron chi connectivity index (χ1n) is 11.6. The molecule has 192 valence electrons. The number of hydrogen-bond acceptors (Lipinski definition) is 6. The van der Waals surface area contributed by atoms with Crippen molar-refractivity contribution >= 4 is 34.9 Å². The third-order valence-corrected chi connectivity index (χ3v) is 6.82. The second-order valence-corrected chi connectivity index (χ2v) is 9.25. The highest BCUT2D eigenvalue weighted by atomic mass is 35.5. The van der Waals surface area contributed by atoms with Crippen LogP contribution in [0.15, 0.2) is 36.1 Å². The van der Waals surface area contributed by atoms with Crippen molar-refractivity contribution in [2.75, 3.05) is 31.7 Å². The molecule has 4 rings (SSSR count). The first-order valence-corrected chi connectivity index (χ1v) is 11.9. The minimum absolute atomic E-state index is 0.0209. The van der Waals surface area contributed by atoms with Crippen molar-refractivity contribution in [1.82, 2.24) is 5.06 Å². The molecule has 2 aliphatic heterocycles. The summed E-state index contributed by atoms with van der Waals surface area (Å²) in [5, 5.41) is 2.19. The van der Waals surface area contributed by atoms with Crippen LogP contribution in [0.4, 0.5) is 19.3 Å². The molecule has 1 spiro atoms. The molecule has 1 saturated heterocycles. The van der Waals surface area contributed by atoms with Crippen molar-refractivity contribution in [2.45, 2.75) is 39.2 Å². The maximum atomic E-state index is 14.3. The van der Waals surface area contributed by atoms with Gasteiger partial charge in [-0.3, -0.25) is 9.69 Å². The van der Waals surface area contributed by atoms with E-state index in [1.54, 1.807) is 38.0 Å². The average Bonchev–Trinajstić information content (AvgIpc) is 3.01. The quantitative estimate of drug-likeness (QED) is 0.481. The van der Waals surface area contributed by atoms with Gasteiger partial charge >= 0.3 is 6.16 Å². The largest absolute Gasteiger partial charge is 0.513 e. The summed E-state index contributed by atoms with van der Waals surface area (Å²) in [6, 6.07) is 6.34. The summed E-state index contributed by atoms with van der Waals surface area (Å²) in [7, 11) is 1.54. The fourth-order valence-corrected chi connectivity index (χ4v) is 5.49. The highest BCUT2D eigenvalue weighted by molar-refractivity contribution is 6.33. The number of benzene rings is 2. The molecule has 0 radical (unpaired) electrons. The Hall–Kier alpha value is -3.01. The summed E-state index contributed by atoms with van der Waals surface area (Å²) in [6.07, 6.45) is -0.425. The number of ether oxygens (including phenoxy) is 2. The van der Waals surface area contributed by atoms with E-state index >= 15 is 0 Å². The maximum absolute atomic E-state index is 14.3. The molecule has 0 N–H and O–H groups in total. The molecule has 2 heterocycles. The highest BCUT2D eigenvalue weighted by Crippen LogP contribution is 2.50. The molecule has 2 aromatic carbocycles. The fourth-order valence-electron chi connectivity index (χ4n) is 5.16. The van der Waals surface area contributed by atoms with Gasteiger partial charge in [0.2, 0.25) is 0 Å². The molecular formula is C26H27ClF2N2O5. The van der Waals surface area contributed by atoms with E-state index in [0.29, 0.717) is 34.8 Å². The number of anilines is 1. The highest BCUT2D eigenvalue weighted by Gasteiger charge is 2.56. The SMILES string of the molecule is CCOC(=O)OC1=C(c2c(C)cc(Cl)cc2C)C(=O)N(c2cc(F)cc(F)c2)C12CCN(OC)CC2. The molecule has 1 amide bonds. The van der Waals surface area contributed by atoms with E-state index in [1.165, 1.54) is 12.0 Å². The number of halogens is 3. The van der Waals surface area contributed by atoms with Gasteiger partial charge in [0.05, 0.1) is 25.0 Å². The van der Waals surface area contributed by atoms with Crippen LogP contribution < -0.4 is 4.90 Å². The summed E-state index contributed by atoms with van der Waals surface area (Å²) in [5.41, 5.74) is 0.844. The van der Waals surface area contributed by atoms with Crippen LogP contribution in [0, 0.1) is 25.5 Å². The zero-order chi connectivity index (χ0) is 26.2. The van der Waals surface area contributed by atoms with Crippen molar-refractivity contribution in [1.29, 1.82) is 0 Å². The Labute approximate surface area is 213 Å². The Morgan fingerprint density at radius 2 is 1.64 bits per heavy atom. The standard InChI is InChI=1S/C26H27ClF2N2O5/c1-5-35-25(33)36-23-22(21-15(2)10-17(27)11-16(21)3)24(32)31(20-13-18(28)12-19(29)14-20)26(23)6-8-30(34-4)9-7-26/h10-14H,5-9H2,1-4H3. The number of hydrogen-bond donors (Lipinski definition) is 0. The first-order chi connectivity index (χ1) is 17.1. The van der Waals surface area contributed by atoms with E-state index in [4.69, 9.17) is 25.9 Å². The summed E-state index contributed by atoms with van der Waals surface area (Å²) < 4.78 is 39.5. The van der Waals surface area contributed by atoms with Gasteiger partial charge in [-0.25, -0.2) is 13.6 Å². The van der Waals surface area contributed by atoms with Crippen LogP contribution in [0.3, 0.4) is 0 Å². The lowest BCUT2D eigenvalue weighted by atomic mass is 9.84. The monoisotopic (exact) mass is 520 g/mol. The minimum Gasteiger partial charge on any atom is -0.434 e. The maximum Gasteiger partial charge on any atom is 0.513 e. The number of hydroxylamine groups is 2.